The predicted molar refractivity (Wildman–Crippen MR) is 138 cm³/mol. The van der Waals surface area contributed by atoms with Crippen molar-refractivity contribution in [3.63, 3.8) is 0 Å². The lowest BCUT2D eigenvalue weighted by molar-refractivity contribution is -0.117. The number of hydrogen-bond acceptors (Lipinski definition) is 5. The van der Waals surface area contributed by atoms with Crippen molar-refractivity contribution in [3.8, 4) is 22.7 Å². The van der Waals surface area contributed by atoms with Crippen LogP contribution in [0.5, 0.6) is 5.75 Å². The molecule has 0 saturated heterocycles. The van der Waals surface area contributed by atoms with Crippen molar-refractivity contribution in [1.29, 1.82) is 0 Å². The van der Waals surface area contributed by atoms with E-state index in [9.17, 15) is 9.59 Å². The van der Waals surface area contributed by atoms with Gasteiger partial charge in [0.2, 0.25) is 11.9 Å². The second kappa shape index (κ2) is 11.4. The first-order valence-corrected chi connectivity index (χ1v) is 11.9. The zero-order valence-corrected chi connectivity index (χ0v) is 20.7. The van der Waals surface area contributed by atoms with E-state index >= 15 is 0 Å². The van der Waals surface area contributed by atoms with E-state index in [0.717, 1.165) is 17.0 Å². The highest BCUT2D eigenvalue weighted by Crippen LogP contribution is 2.26. The number of carbonyl (C=O) groups excluding carboxylic acids is 2. The van der Waals surface area contributed by atoms with E-state index in [1.54, 1.807) is 12.1 Å². The number of furan rings is 1. The van der Waals surface area contributed by atoms with Gasteiger partial charge in [-0.05, 0) is 37.1 Å². The highest BCUT2D eigenvalue weighted by atomic mass is 16.5. The second-order valence-corrected chi connectivity index (χ2v) is 8.72. The Morgan fingerprint density at radius 3 is 2.58 bits per heavy atom. The smallest absolute Gasteiger partial charge is 0.290 e. The van der Waals surface area contributed by atoms with E-state index in [4.69, 9.17) is 14.1 Å². The molecule has 0 aliphatic carbocycles. The van der Waals surface area contributed by atoms with Crippen LogP contribution in [0.25, 0.3) is 16.9 Å². The number of nitrogens with zero attached hydrogens (tertiary/aromatic N) is 3. The summed E-state index contributed by atoms with van der Waals surface area (Å²) in [6.07, 6.45) is 3.31. The molecule has 8 heteroatoms. The fraction of sp³-hybridized carbons (Fsp3) is 0.250. The first kappa shape index (κ1) is 24.8. The zero-order valence-electron chi connectivity index (χ0n) is 20.7. The maximum atomic E-state index is 13.2. The fourth-order valence-electron chi connectivity index (χ4n) is 3.86. The third-order valence-electron chi connectivity index (χ3n) is 5.37. The Balaban J connectivity index is 1.63. The van der Waals surface area contributed by atoms with Gasteiger partial charge in [-0.15, -0.1) is 0 Å². The molecule has 4 aromatic rings. The molecule has 0 aliphatic heterocycles. The monoisotopic (exact) mass is 486 g/mol. The van der Waals surface area contributed by atoms with E-state index in [2.05, 4.69) is 5.32 Å². The number of aromatic nitrogens is 2. The van der Waals surface area contributed by atoms with Crippen LogP contribution in [0.1, 0.15) is 31.3 Å². The topological polar surface area (TPSA) is 89.6 Å². The number of rotatable bonds is 10. The Bertz CT molecular complexity index is 1300. The van der Waals surface area contributed by atoms with Crippen molar-refractivity contribution in [2.45, 2.75) is 20.8 Å². The molecule has 4 rings (SSSR count). The summed E-state index contributed by atoms with van der Waals surface area (Å²) >= 11 is 0. The van der Waals surface area contributed by atoms with Crippen molar-refractivity contribution in [2.75, 3.05) is 25.0 Å². The molecule has 36 heavy (non-hydrogen) atoms. The molecule has 0 saturated carbocycles. The summed E-state index contributed by atoms with van der Waals surface area (Å²) in [4.78, 5) is 32.3. The predicted octanol–water partition coefficient (Wildman–Crippen LogP) is 5.27. The van der Waals surface area contributed by atoms with Crippen LogP contribution in [0, 0.1) is 5.92 Å². The number of ether oxygens (including phenoxy) is 1. The molecule has 2 amide bonds. The molecule has 2 aromatic heterocycles. The standard InChI is InChI=1S/C28H30N4O4/c1-4-35-23-13-8-12-22(16-23)32-18-24(21-10-6-5-7-11-21)29-28(32)30-26(33)19-31(17-20(2)3)27(34)25-14-9-15-36-25/h5-16,18,20H,4,17,19H2,1-3H3,(H,29,30,33). The molecule has 2 aromatic carbocycles. The van der Waals surface area contributed by atoms with Gasteiger partial charge in [0, 0.05) is 24.4 Å². The average Bonchev–Trinajstić information content (AvgIpc) is 3.55. The Morgan fingerprint density at radius 2 is 1.89 bits per heavy atom. The molecule has 0 radical (unpaired) electrons. The molecular weight excluding hydrogens is 456 g/mol. The number of amides is 2. The summed E-state index contributed by atoms with van der Waals surface area (Å²) in [5.74, 6) is 0.745. The first-order valence-electron chi connectivity index (χ1n) is 11.9. The van der Waals surface area contributed by atoms with Gasteiger partial charge in [0.15, 0.2) is 5.76 Å². The molecule has 186 valence electrons. The molecule has 0 atom stereocenters. The molecule has 0 fully saturated rings. The van der Waals surface area contributed by atoms with E-state index in [1.165, 1.54) is 11.2 Å². The molecule has 2 heterocycles. The van der Waals surface area contributed by atoms with Crippen molar-refractivity contribution < 1.29 is 18.7 Å². The van der Waals surface area contributed by atoms with Crippen LogP contribution in [0.4, 0.5) is 5.95 Å². The molecule has 0 unspecified atom stereocenters. The lowest BCUT2D eigenvalue weighted by Crippen LogP contribution is -2.40. The van der Waals surface area contributed by atoms with Crippen LogP contribution in [-0.4, -0.2) is 46.0 Å². The Labute approximate surface area is 210 Å². The van der Waals surface area contributed by atoms with E-state index in [1.807, 2.05) is 86.1 Å². The highest BCUT2D eigenvalue weighted by molar-refractivity contribution is 5.97. The molecule has 8 nitrogen and oxygen atoms in total. The van der Waals surface area contributed by atoms with Crippen LogP contribution < -0.4 is 10.1 Å². The number of benzene rings is 2. The number of carbonyl (C=O) groups is 2. The summed E-state index contributed by atoms with van der Waals surface area (Å²) < 4.78 is 12.7. The molecule has 0 bridgehead atoms. The Hall–Kier alpha value is -4.33. The van der Waals surface area contributed by atoms with Gasteiger partial charge >= 0.3 is 0 Å². The van der Waals surface area contributed by atoms with Gasteiger partial charge in [-0.2, -0.15) is 0 Å². The fourth-order valence-corrected chi connectivity index (χ4v) is 3.86. The van der Waals surface area contributed by atoms with Crippen LogP contribution in [0.2, 0.25) is 0 Å². The van der Waals surface area contributed by atoms with Crippen LogP contribution >= 0.6 is 0 Å². The summed E-state index contributed by atoms with van der Waals surface area (Å²) in [5, 5.41) is 2.90. The van der Waals surface area contributed by atoms with Gasteiger partial charge in [0.1, 0.15) is 12.3 Å². The summed E-state index contributed by atoms with van der Waals surface area (Å²) in [6, 6.07) is 20.6. The van der Waals surface area contributed by atoms with Gasteiger partial charge in [-0.1, -0.05) is 50.2 Å². The summed E-state index contributed by atoms with van der Waals surface area (Å²) in [5.41, 5.74) is 2.41. The molecular formula is C28H30N4O4. The minimum atomic E-state index is -0.358. The SMILES string of the molecule is CCOc1cccc(-n2cc(-c3ccccc3)nc2NC(=O)CN(CC(C)C)C(=O)c2ccco2)c1. The van der Waals surface area contributed by atoms with Gasteiger partial charge < -0.3 is 14.1 Å². The van der Waals surface area contributed by atoms with Gasteiger partial charge in [0.05, 0.1) is 24.3 Å². The van der Waals surface area contributed by atoms with E-state index in [-0.39, 0.29) is 30.0 Å². The largest absolute Gasteiger partial charge is 0.494 e. The Morgan fingerprint density at radius 1 is 1.08 bits per heavy atom. The van der Waals surface area contributed by atoms with E-state index < -0.39 is 0 Å². The molecule has 0 aliphatic rings. The van der Waals surface area contributed by atoms with Crippen molar-refractivity contribution in [1.82, 2.24) is 14.5 Å². The van der Waals surface area contributed by atoms with Crippen molar-refractivity contribution >= 4 is 17.8 Å². The zero-order chi connectivity index (χ0) is 25.5. The third-order valence-corrected chi connectivity index (χ3v) is 5.37. The first-order chi connectivity index (χ1) is 17.4. The second-order valence-electron chi connectivity index (χ2n) is 8.72. The lowest BCUT2D eigenvalue weighted by Gasteiger charge is -2.23. The lowest BCUT2D eigenvalue weighted by atomic mass is 10.2. The van der Waals surface area contributed by atoms with Gasteiger partial charge in [-0.3, -0.25) is 19.5 Å². The van der Waals surface area contributed by atoms with Gasteiger partial charge in [0.25, 0.3) is 5.91 Å². The molecule has 1 N–H and O–H groups in total. The number of hydrogen-bond donors (Lipinski definition) is 1. The summed E-state index contributed by atoms with van der Waals surface area (Å²) in [7, 11) is 0. The van der Waals surface area contributed by atoms with Crippen molar-refractivity contribution in [3.05, 3.63) is 85.0 Å². The maximum absolute atomic E-state index is 13.2. The highest BCUT2D eigenvalue weighted by Gasteiger charge is 2.23. The van der Waals surface area contributed by atoms with Gasteiger partial charge in [-0.25, -0.2) is 4.98 Å². The normalized spacial score (nSPS) is 10.9. The quantitative estimate of drug-likeness (QED) is 0.330. The Kier molecular flexibility index (Phi) is 7.85. The average molecular weight is 487 g/mol. The third kappa shape index (κ3) is 6.02. The van der Waals surface area contributed by atoms with Crippen LogP contribution in [0.15, 0.2) is 83.6 Å². The number of imidazole rings is 1. The minimum Gasteiger partial charge on any atom is -0.494 e. The van der Waals surface area contributed by atoms with Crippen LogP contribution in [-0.2, 0) is 4.79 Å². The number of anilines is 1. The maximum Gasteiger partial charge on any atom is 0.290 e. The van der Waals surface area contributed by atoms with E-state index in [0.29, 0.717) is 24.8 Å². The minimum absolute atomic E-state index is 0.135. The van der Waals surface area contributed by atoms with Crippen molar-refractivity contribution in [2.24, 2.45) is 5.92 Å². The summed E-state index contributed by atoms with van der Waals surface area (Å²) in [6.45, 7) is 6.73. The van der Waals surface area contributed by atoms with Crippen LogP contribution in [0.3, 0.4) is 0 Å². The molecule has 0 spiro atoms. The number of nitrogens with one attached hydrogen (secondary N) is 1.